The number of terminal acetylenes is 1. The number of rotatable bonds is 7. The molecule has 0 saturated carbocycles. The number of hydrogen-bond acceptors (Lipinski definition) is 4. The highest BCUT2D eigenvalue weighted by atomic mass is 31.2. The van der Waals surface area contributed by atoms with Crippen LogP contribution in [0.2, 0.25) is 0 Å². The molecule has 0 aliphatic rings. The Morgan fingerprint density at radius 2 is 1.93 bits per heavy atom. The van der Waals surface area contributed by atoms with Gasteiger partial charge < -0.3 is 14.2 Å². The fourth-order valence-electron chi connectivity index (χ4n) is 1.02. The molecule has 0 aromatic carbocycles. The summed E-state index contributed by atoms with van der Waals surface area (Å²) in [5.74, 6) is 2.35. The smallest absolute Gasteiger partial charge is 0.336 e. The maximum absolute atomic E-state index is 12.0. The van der Waals surface area contributed by atoms with E-state index in [1.807, 2.05) is 0 Å². The fraction of sp³-hybridized carbons (Fsp3) is 0.778. The molecule has 0 rings (SSSR count). The molecular formula is C9H17O4P. The van der Waals surface area contributed by atoms with E-state index in [9.17, 15) is 4.57 Å². The summed E-state index contributed by atoms with van der Waals surface area (Å²) >= 11 is 0. The van der Waals surface area contributed by atoms with E-state index in [1.165, 1.54) is 0 Å². The van der Waals surface area contributed by atoms with Gasteiger partial charge in [0.1, 0.15) is 0 Å². The molecule has 0 bridgehead atoms. The second-order valence-corrected chi connectivity index (χ2v) is 4.95. The fourth-order valence-corrected chi connectivity index (χ4v) is 2.77. The molecular weight excluding hydrogens is 203 g/mol. The minimum absolute atomic E-state index is 0.188. The van der Waals surface area contributed by atoms with Crippen LogP contribution in [0.25, 0.3) is 0 Å². The lowest BCUT2D eigenvalue weighted by Gasteiger charge is -2.23. The van der Waals surface area contributed by atoms with Gasteiger partial charge in [-0.1, -0.05) is 0 Å². The molecule has 0 saturated heterocycles. The minimum atomic E-state index is -3.24. The molecule has 0 spiro atoms. The highest BCUT2D eigenvalue weighted by Gasteiger charge is 2.34. The number of hydrogen-bond donors (Lipinski definition) is 1. The van der Waals surface area contributed by atoms with Gasteiger partial charge in [-0.2, -0.15) is 0 Å². The van der Waals surface area contributed by atoms with E-state index in [1.54, 1.807) is 13.8 Å². The Labute approximate surface area is 85.1 Å². The summed E-state index contributed by atoms with van der Waals surface area (Å²) in [7, 11) is -3.24. The van der Waals surface area contributed by atoms with Crippen LogP contribution in [-0.4, -0.2) is 30.6 Å². The standard InChI is InChI=1S/C9H17O4P/c1-4-7-9(8-10)14(11,12-5-2)13-6-3/h1,9-10H,5-8H2,2-3H3. The molecule has 4 nitrogen and oxygen atoms in total. The Kier molecular flexibility index (Phi) is 6.86. The van der Waals surface area contributed by atoms with Gasteiger partial charge in [-0.05, 0) is 13.8 Å². The first kappa shape index (κ1) is 13.7. The van der Waals surface area contributed by atoms with Crippen LogP contribution in [0.4, 0.5) is 0 Å². The van der Waals surface area contributed by atoms with E-state index in [4.69, 9.17) is 20.6 Å². The minimum Gasteiger partial charge on any atom is -0.395 e. The highest BCUT2D eigenvalue weighted by Crippen LogP contribution is 2.53. The predicted octanol–water partition coefficient (Wildman–Crippen LogP) is 1.64. The summed E-state index contributed by atoms with van der Waals surface area (Å²) in [6, 6.07) is 0. The average molecular weight is 220 g/mol. The molecule has 1 unspecified atom stereocenters. The van der Waals surface area contributed by atoms with Crippen LogP contribution in [-0.2, 0) is 13.6 Å². The van der Waals surface area contributed by atoms with E-state index in [0.29, 0.717) is 0 Å². The molecule has 0 fully saturated rings. The molecule has 0 aromatic heterocycles. The molecule has 0 aliphatic heterocycles. The van der Waals surface area contributed by atoms with Gasteiger partial charge in [0.25, 0.3) is 0 Å². The lowest BCUT2D eigenvalue weighted by Crippen LogP contribution is -2.17. The number of aliphatic hydroxyl groups excluding tert-OH is 1. The molecule has 82 valence electrons. The first-order valence-electron chi connectivity index (χ1n) is 4.57. The van der Waals surface area contributed by atoms with Crippen LogP contribution >= 0.6 is 7.60 Å². The first-order valence-corrected chi connectivity index (χ1v) is 6.18. The predicted molar refractivity (Wildman–Crippen MR) is 55.2 cm³/mol. The lowest BCUT2D eigenvalue weighted by atomic mass is 10.3. The van der Waals surface area contributed by atoms with Crippen LogP contribution in [0.3, 0.4) is 0 Å². The second kappa shape index (κ2) is 7.03. The summed E-state index contributed by atoms with van der Waals surface area (Å²) in [5.41, 5.74) is -0.618. The van der Waals surface area contributed by atoms with Crippen LogP contribution < -0.4 is 0 Å². The molecule has 14 heavy (non-hydrogen) atoms. The van der Waals surface area contributed by atoms with Crippen molar-refractivity contribution in [1.82, 2.24) is 0 Å². The van der Waals surface area contributed by atoms with Gasteiger partial charge in [0.15, 0.2) is 0 Å². The van der Waals surface area contributed by atoms with Crippen molar-refractivity contribution in [2.24, 2.45) is 0 Å². The zero-order chi connectivity index (χ0) is 11.0. The van der Waals surface area contributed by atoms with Crippen molar-refractivity contribution in [2.75, 3.05) is 19.8 Å². The van der Waals surface area contributed by atoms with Crippen LogP contribution in [0.15, 0.2) is 0 Å². The SMILES string of the molecule is C#CCC(CO)P(=O)(OCC)OCC. The highest BCUT2D eigenvalue weighted by molar-refractivity contribution is 7.54. The normalized spacial score (nSPS) is 13.6. The van der Waals surface area contributed by atoms with Crippen molar-refractivity contribution >= 4 is 7.60 Å². The zero-order valence-electron chi connectivity index (χ0n) is 8.60. The van der Waals surface area contributed by atoms with E-state index in [0.717, 1.165) is 0 Å². The third kappa shape index (κ3) is 3.81. The summed E-state index contributed by atoms with van der Waals surface area (Å²) in [6.45, 7) is 3.70. The van der Waals surface area contributed by atoms with Gasteiger partial charge in [-0.15, -0.1) is 12.3 Å². The van der Waals surface area contributed by atoms with E-state index < -0.39 is 13.3 Å². The monoisotopic (exact) mass is 220 g/mol. The Morgan fingerprint density at radius 3 is 2.21 bits per heavy atom. The molecule has 0 radical (unpaired) electrons. The average Bonchev–Trinajstić information content (AvgIpc) is 2.14. The van der Waals surface area contributed by atoms with Crippen LogP contribution in [0.1, 0.15) is 20.3 Å². The quantitative estimate of drug-likeness (QED) is 0.523. The van der Waals surface area contributed by atoms with Gasteiger partial charge in [-0.25, -0.2) is 0 Å². The van der Waals surface area contributed by atoms with Gasteiger partial charge in [-0.3, -0.25) is 4.57 Å². The van der Waals surface area contributed by atoms with Gasteiger partial charge in [0, 0.05) is 6.42 Å². The summed E-state index contributed by atoms with van der Waals surface area (Å²) in [6.07, 6.45) is 5.29. The molecule has 0 heterocycles. The summed E-state index contributed by atoms with van der Waals surface area (Å²) < 4.78 is 22.1. The van der Waals surface area contributed by atoms with E-state index >= 15 is 0 Å². The molecule has 1 atom stereocenters. The Hall–Kier alpha value is -0.330. The maximum Gasteiger partial charge on any atom is 0.336 e. The van der Waals surface area contributed by atoms with Crippen molar-refractivity contribution in [3.63, 3.8) is 0 Å². The second-order valence-electron chi connectivity index (χ2n) is 2.62. The number of aliphatic hydroxyl groups is 1. The van der Waals surface area contributed by atoms with Crippen LogP contribution in [0.5, 0.6) is 0 Å². The molecule has 0 aliphatic carbocycles. The molecule has 0 aromatic rings. The largest absolute Gasteiger partial charge is 0.395 e. The Balaban J connectivity index is 4.59. The van der Waals surface area contributed by atoms with Crippen molar-refractivity contribution in [2.45, 2.75) is 25.9 Å². The summed E-state index contributed by atoms with van der Waals surface area (Å²) in [4.78, 5) is 0. The molecule has 0 amide bonds. The van der Waals surface area contributed by atoms with Gasteiger partial charge in [0.05, 0.1) is 25.5 Å². The maximum atomic E-state index is 12.0. The van der Waals surface area contributed by atoms with Gasteiger partial charge >= 0.3 is 7.60 Å². The van der Waals surface area contributed by atoms with Crippen molar-refractivity contribution in [3.8, 4) is 12.3 Å². The third-order valence-corrected chi connectivity index (χ3v) is 4.11. The third-order valence-electron chi connectivity index (χ3n) is 1.63. The van der Waals surface area contributed by atoms with Crippen molar-refractivity contribution < 1.29 is 18.7 Å². The Bertz CT molecular complexity index is 223. The topological polar surface area (TPSA) is 55.8 Å². The van der Waals surface area contributed by atoms with Crippen molar-refractivity contribution in [1.29, 1.82) is 0 Å². The Morgan fingerprint density at radius 1 is 1.43 bits per heavy atom. The van der Waals surface area contributed by atoms with E-state index in [-0.39, 0.29) is 26.2 Å². The van der Waals surface area contributed by atoms with Crippen LogP contribution in [0, 0.1) is 12.3 Å². The zero-order valence-corrected chi connectivity index (χ0v) is 9.50. The first-order chi connectivity index (χ1) is 6.64. The summed E-state index contributed by atoms with van der Waals surface area (Å²) in [5, 5.41) is 9.02. The van der Waals surface area contributed by atoms with Gasteiger partial charge in [0.2, 0.25) is 0 Å². The molecule has 1 N–H and O–H groups in total. The molecule has 5 heteroatoms. The lowest BCUT2D eigenvalue weighted by molar-refractivity contribution is 0.194. The van der Waals surface area contributed by atoms with Crippen molar-refractivity contribution in [3.05, 3.63) is 0 Å². The van der Waals surface area contributed by atoms with E-state index in [2.05, 4.69) is 5.92 Å².